The van der Waals surface area contributed by atoms with E-state index in [9.17, 15) is 14.0 Å². The third-order valence-corrected chi connectivity index (χ3v) is 5.79. The molecule has 0 aliphatic rings. The first-order chi connectivity index (χ1) is 14.1. The van der Waals surface area contributed by atoms with Crippen LogP contribution in [0.1, 0.15) is 22.5 Å². The van der Waals surface area contributed by atoms with Crippen LogP contribution in [0, 0.1) is 5.82 Å². The third kappa shape index (κ3) is 6.69. The van der Waals surface area contributed by atoms with E-state index in [0.717, 1.165) is 12.2 Å². The number of carbonyl (C=O) groups is 2. The second-order valence-corrected chi connectivity index (χ2v) is 8.15. The zero-order valence-electron chi connectivity index (χ0n) is 15.6. The molecule has 150 valence electrons. The molecule has 2 amide bonds. The average Bonchev–Trinajstić information content (AvgIpc) is 3.15. The van der Waals surface area contributed by atoms with Crippen molar-refractivity contribution in [2.45, 2.75) is 17.7 Å². The molecule has 1 aromatic heterocycles. The predicted molar refractivity (Wildman–Crippen MR) is 115 cm³/mol. The maximum Gasteiger partial charge on any atom is 0.260 e. The summed E-state index contributed by atoms with van der Waals surface area (Å²) in [6, 6.07) is 15.9. The number of hydrogen-bond donors (Lipinski definition) is 2. The topological polar surface area (TPSA) is 71.1 Å². The van der Waals surface area contributed by atoms with Gasteiger partial charge in [-0.15, -0.1) is 23.1 Å². The van der Waals surface area contributed by atoms with Crippen molar-refractivity contribution >= 4 is 40.0 Å². The maximum atomic E-state index is 13.7. The maximum absolute atomic E-state index is 13.7. The van der Waals surface area contributed by atoms with Crippen LogP contribution in [0.4, 0.5) is 9.52 Å². The third-order valence-electron chi connectivity index (χ3n) is 3.89. The Kier molecular flexibility index (Phi) is 7.77. The van der Waals surface area contributed by atoms with E-state index in [1.165, 1.54) is 34.4 Å². The van der Waals surface area contributed by atoms with Crippen LogP contribution >= 0.6 is 23.1 Å². The smallest absolute Gasteiger partial charge is 0.260 e. The van der Waals surface area contributed by atoms with Crippen molar-refractivity contribution in [3.63, 3.8) is 0 Å². The SMILES string of the molecule is O=C(Cc1csc(NC(=O)c2ccccc2F)n1)NCCCSc1ccccc1. The van der Waals surface area contributed by atoms with Crippen LogP contribution in [0.15, 0.2) is 64.9 Å². The van der Waals surface area contributed by atoms with Crippen LogP contribution in [-0.4, -0.2) is 29.1 Å². The summed E-state index contributed by atoms with van der Waals surface area (Å²) in [5.41, 5.74) is 0.519. The number of anilines is 1. The molecule has 0 bridgehead atoms. The summed E-state index contributed by atoms with van der Waals surface area (Å²) in [6.07, 6.45) is 1.00. The highest BCUT2D eigenvalue weighted by molar-refractivity contribution is 7.99. The van der Waals surface area contributed by atoms with Crippen LogP contribution in [0.25, 0.3) is 0 Å². The molecule has 29 heavy (non-hydrogen) atoms. The fourth-order valence-electron chi connectivity index (χ4n) is 2.49. The van der Waals surface area contributed by atoms with E-state index < -0.39 is 11.7 Å². The Bertz CT molecular complexity index is 963. The van der Waals surface area contributed by atoms with Gasteiger partial charge in [0.25, 0.3) is 5.91 Å². The molecule has 2 N–H and O–H groups in total. The Labute approximate surface area is 176 Å². The standard InChI is InChI=1S/C21H20FN3O2S2/c22-18-10-5-4-9-17(18)20(27)25-21-24-15(14-29-21)13-19(26)23-11-6-12-28-16-7-2-1-3-8-16/h1-5,7-10,14H,6,11-13H2,(H,23,26)(H,24,25,27). The first-order valence-corrected chi connectivity index (χ1v) is 10.9. The van der Waals surface area contributed by atoms with Crippen LogP contribution in [0.3, 0.4) is 0 Å². The van der Waals surface area contributed by atoms with Crippen LogP contribution < -0.4 is 10.6 Å². The summed E-state index contributed by atoms with van der Waals surface area (Å²) in [7, 11) is 0. The van der Waals surface area contributed by atoms with E-state index in [2.05, 4.69) is 27.8 Å². The zero-order valence-corrected chi connectivity index (χ0v) is 17.2. The van der Waals surface area contributed by atoms with Crippen molar-refractivity contribution in [3.8, 4) is 0 Å². The van der Waals surface area contributed by atoms with Gasteiger partial charge >= 0.3 is 0 Å². The first-order valence-electron chi connectivity index (χ1n) is 9.06. The first kappa shape index (κ1) is 21.0. The molecular formula is C21H20FN3O2S2. The summed E-state index contributed by atoms with van der Waals surface area (Å²) in [5.74, 6) is -0.351. The van der Waals surface area contributed by atoms with Gasteiger partial charge in [0.1, 0.15) is 5.82 Å². The molecule has 0 saturated heterocycles. The van der Waals surface area contributed by atoms with Gasteiger partial charge in [0.2, 0.25) is 5.91 Å². The second-order valence-electron chi connectivity index (χ2n) is 6.12. The number of aromatic nitrogens is 1. The molecule has 0 spiro atoms. The minimum Gasteiger partial charge on any atom is -0.356 e. The largest absolute Gasteiger partial charge is 0.356 e. The Balaban J connectivity index is 1.38. The molecule has 1 heterocycles. The number of thiazole rings is 1. The highest BCUT2D eigenvalue weighted by Gasteiger charge is 2.14. The monoisotopic (exact) mass is 429 g/mol. The number of nitrogens with one attached hydrogen (secondary N) is 2. The lowest BCUT2D eigenvalue weighted by molar-refractivity contribution is -0.120. The van der Waals surface area contributed by atoms with Gasteiger partial charge in [-0.3, -0.25) is 14.9 Å². The molecule has 2 aromatic carbocycles. The molecule has 0 aliphatic heterocycles. The zero-order chi connectivity index (χ0) is 20.5. The Hall–Kier alpha value is -2.71. The molecule has 0 fully saturated rings. The van der Waals surface area contributed by atoms with Crippen molar-refractivity contribution in [3.05, 3.63) is 77.1 Å². The number of halogens is 1. The van der Waals surface area contributed by atoms with Gasteiger partial charge in [0, 0.05) is 16.8 Å². The fraction of sp³-hybridized carbons (Fsp3) is 0.190. The number of carbonyl (C=O) groups excluding carboxylic acids is 2. The Morgan fingerprint density at radius 2 is 1.83 bits per heavy atom. The van der Waals surface area contributed by atoms with E-state index in [1.807, 2.05) is 18.2 Å². The molecule has 0 unspecified atom stereocenters. The van der Waals surface area contributed by atoms with Gasteiger partial charge < -0.3 is 5.32 Å². The van der Waals surface area contributed by atoms with Crippen molar-refractivity contribution in [1.29, 1.82) is 0 Å². The van der Waals surface area contributed by atoms with Gasteiger partial charge in [-0.1, -0.05) is 30.3 Å². The van der Waals surface area contributed by atoms with Crippen molar-refractivity contribution in [2.75, 3.05) is 17.6 Å². The van der Waals surface area contributed by atoms with E-state index >= 15 is 0 Å². The summed E-state index contributed by atoms with van der Waals surface area (Å²) in [4.78, 5) is 29.6. The molecule has 3 aromatic rings. The van der Waals surface area contributed by atoms with Crippen molar-refractivity contribution in [1.82, 2.24) is 10.3 Å². The number of hydrogen-bond acceptors (Lipinski definition) is 5. The molecular weight excluding hydrogens is 409 g/mol. The van der Waals surface area contributed by atoms with Crippen molar-refractivity contribution in [2.24, 2.45) is 0 Å². The quantitative estimate of drug-likeness (QED) is 0.391. The molecule has 3 rings (SSSR count). The number of amides is 2. The van der Waals surface area contributed by atoms with Gasteiger partial charge in [-0.05, 0) is 36.4 Å². The van der Waals surface area contributed by atoms with Gasteiger partial charge in [0.05, 0.1) is 17.7 Å². The lowest BCUT2D eigenvalue weighted by Crippen LogP contribution is -2.26. The number of nitrogens with zero attached hydrogens (tertiary/aromatic N) is 1. The lowest BCUT2D eigenvalue weighted by Gasteiger charge is -2.04. The van der Waals surface area contributed by atoms with Crippen LogP contribution in [-0.2, 0) is 11.2 Å². The Morgan fingerprint density at radius 1 is 1.07 bits per heavy atom. The molecule has 0 atom stereocenters. The van der Waals surface area contributed by atoms with Crippen LogP contribution in [0.5, 0.6) is 0 Å². The van der Waals surface area contributed by atoms with E-state index in [-0.39, 0.29) is 17.9 Å². The van der Waals surface area contributed by atoms with E-state index in [1.54, 1.807) is 23.2 Å². The van der Waals surface area contributed by atoms with Crippen molar-refractivity contribution < 1.29 is 14.0 Å². The normalized spacial score (nSPS) is 10.5. The van der Waals surface area contributed by atoms with Gasteiger partial charge in [0.15, 0.2) is 5.13 Å². The highest BCUT2D eigenvalue weighted by atomic mass is 32.2. The minimum absolute atomic E-state index is 0.0460. The number of benzene rings is 2. The Morgan fingerprint density at radius 3 is 2.62 bits per heavy atom. The van der Waals surface area contributed by atoms with Gasteiger partial charge in [-0.25, -0.2) is 9.37 Å². The van der Waals surface area contributed by atoms with Crippen LogP contribution in [0.2, 0.25) is 0 Å². The summed E-state index contributed by atoms with van der Waals surface area (Å²) in [5, 5.41) is 7.48. The summed E-state index contributed by atoms with van der Waals surface area (Å²) >= 11 is 2.96. The van der Waals surface area contributed by atoms with E-state index in [4.69, 9.17) is 0 Å². The molecule has 0 saturated carbocycles. The van der Waals surface area contributed by atoms with E-state index in [0.29, 0.717) is 17.4 Å². The molecule has 5 nitrogen and oxygen atoms in total. The molecule has 8 heteroatoms. The summed E-state index contributed by atoms with van der Waals surface area (Å²) in [6.45, 7) is 0.597. The molecule has 0 aliphatic carbocycles. The van der Waals surface area contributed by atoms with Gasteiger partial charge in [-0.2, -0.15) is 0 Å². The second kappa shape index (κ2) is 10.7. The number of rotatable bonds is 9. The predicted octanol–water partition coefficient (Wildman–Crippen LogP) is 4.38. The molecule has 0 radical (unpaired) electrons. The average molecular weight is 430 g/mol. The summed E-state index contributed by atoms with van der Waals surface area (Å²) < 4.78 is 13.7. The fourth-order valence-corrected chi connectivity index (χ4v) is 4.07. The number of thioether (sulfide) groups is 1. The lowest BCUT2D eigenvalue weighted by atomic mass is 10.2. The highest BCUT2D eigenvalue weighted by Crippen LogP contribution is 2.18. The minimum atomic E-state index is -0.591.